The van der Waals surface area contributed by atoms with Crippen molar-refractivity contribution in [2.75, 3.05) is 23.1 Å². The average molecular weight is 493 g/mol. The molecule has 9 heteroatoms. The molecule has 168 valence electrons. The molecule has 0 aromatic heterocycles. The molecule has 0 saturated heterocycles. The molecular weight excluding hydrogens is 471 g/mol. The molecule has 1 N–H and O–H groups in total. The minimum absolute atomic E-state index is 0.0202. The Labute approximate surface area is 196 Å². The van der Waals surface area contributed by atoms with Gasteiger partial charge in [0.15, 0.2) is 0 Å². The number of carbonyl (C=O) groups excluding carboxylic acids is 1. The summed E-state index contributed by atoms with van der Waals surface area (Å²) in [4.78, 5) is 12.5. The number of para-hydroxylation sites is 1. The normalized spacial score (nSPS) is 11.2. The Hall–Kier alpha value is -2.55. The molecule has 0 radical (unpaired) electrons. The fourth-order valence-electron chi connectivity index (χ4n) is 2.94. The topological polar surface area (TPSA) is 66.5 Å². The minimum atomic E-state index is -4.13. The first kappa shape index (κ1) is 24.1. The van der Waals surface area contributed by atoms with E-state index >= 15 is 0 Å². The number of rotatable bonds is 10. The van der Waals surface area contributed by atoms with Gasteiger partial charge in [0.05, 0.1) is 10.6 Å². The SMILES string of the molecule is O=C(CN(c1ccccc1F)S(=O)(=O)c1ccccc1)NCCSCc1cccc(Cl)c1. The van der Waals surface area contributed by atoms with Gasteiger partial charge in [-0.1, -0.05) is 54.1 Å². The molecule has 0 bridgehead atoms. The van der Waals surface area contributed by atoms with Crippen LogP contribution in [0.4, 0.5) is 10.1 Å². The standard InChI is InChI=1S/C23H22ClFN2O3S2/c24-19-8-6-7-18(15-19)17-31-14-13-26-23(28)16-27(22-12-5-4-11-21(22)25)32(29,30)20-9-2-1-3-10-20/h1-12,15H,13-14,16-17H2,(H,26,28). The maximum Gasteiger partial charge on any atom is 0.264 e. The average Bonchev–Trinajstić information content (AvgIpc) is 2.78. The zero-order valence-electron chi connectivity index (χ0n) is 17.1. The van der Waals surface area contributed by atoms with E-state index < -0.39 is 28.3 Å². The first-order valence-corrected chi connectivity index (χ1v) is 12.8. The van der Waals surface area contributed by atoms with Gasteiger partial charge < -0.3 is 5.32 Å². The predicted octanol–water partition coefficient (Wildman–Crippen LogP) is 4.72. The van der Waals surface area contributed by atoms with Crippen LogP contribution < -0.4 is 9.62 Å². The summed E-state index contributed by atoms with van der Waals surface area (Å²) in [7, 11) is -4.13. The number of thioether (sulfide) groups is 1. The van der Waals surface area contributed by atoms with Gasteiger partial charge in [-0.2, -0.15) is 11.8 Å². The Morgan fingerprint density at radius 1 is 1.00 bits per heavy atom. The Bertz CT molecular complexity index is 1160. The van der Waals surface area contributed by atoms with E-state index in [1.54, 1.807) is 36.0 Å². The Morgan fingerprint density at radius 3 is 2.44 bits per heavy atom. The van der Waals surface area contributed by atoms with E-state index in [-0.39, 0.29) is 10.6 Å². The fourth-order valence-corrected chi connectivity index (χ4v) is 5.41. The smallest absolute Gasteiger partial charge is 0.264 e. The summed E-state index contributed by atoms with van der Waals surface area (Å²) in [5.74, 6) is 0.122. The van der Waals surface area contributed by atoms with Gasteiger partial charge in [0.25, 0.3) is 10.0 Å². The fraction of sp³-hybridized carbons (Fsp3) is 0.174. The molecule has 0 aliphatic rings. The number of amides is 1. The molecule has 5 nitrogen and oxygen atoms in total. The Kier molecular flexibility index (Phi) is 8.55. The molecule has 0 saturated carbocycles. The number of hydrogen-bond acceptors (Lipinski definition) is 4. The highest BCUT2D eigenvalue weighted by atomic mass is 35.5. The van der Waals surface area contributed by atoms with Gasteiger partial charge in [-0.05, 0) is 42.0 Å². The predicted molar refractivity (Wildman–Crippen MR) is 128 cm³/mol. The summed E-state index contributed by atoms with van der Waals surface area (Å²) in [5, 5.41) is 3.38. The zero-order valence-corrected chi connectivity index (χ0v) is 19.5. The van der Waals surface area contributed by atoms with Crippen LogP contribution >= 0.6 is 23.4 Å². The molecule has 0 unspecified atom stereocenters. The molecule has 0 fully saturated rings. The van der Waals surface area contributed by atoms with E-state index in [9.17, 15) is 17.6 Å². The van der Waals surface area contributed by atoms with Crippen molar-refractivity contribution in [3.63, 3.8) is 0 Å². The zero-order chi connectivity index (χ0) is 23.0. The third-order valence-electron chi connectivity index (χ3n) is 4.47. The van der Waals surface area contributed by atoms with Crippen LogP contribution in [0.25, 0.3) is 0 Å². The van der Waals surface area contributed by atoms with Crippen LogP contribution in [0.3, 0.4) is 0 Å². The van der Waals surface area contributed by atoms with E-state index in [4.69, 9.17) is 11.6 Å². The summed E-state index contributed by atoms with van der Waals surface area (Å²) < 4.78 is 41.5. The lowest BCUT2D eigenvalue weighted by molar-refractivity contribution is -0.119. The lowest BCUT2D eigenvalue weighted by Gasteiger charge is -2.24. The van der Waals surface area contributed by atoms with Crippen LogP contribution in [0.5, 0.6) is 0 Å². The molecule has 0 heterocycles. The number of carbonyl (C=O) groups is 1. The number of halogens is 2. The van der Waals surface area contributed by atoms with Crippen LogP contribution in [-0.4, -0.2) is 33.2 Å². The van der Waals surface area contributed by atoms with E-state index in [1.165, 1.54) is 30.3 Å². The highest BCUT2D eigenvalue weighted by molar-refractivity contribution is 7.98. The van der Waals surface area contributed by atoms with Gasteiger partial charge in [-0.25, -0.2) is 12.8 Å². The second-order valence-electron chi connectivity index (χ2n) is 6.81. The first-order chi connectivity index (χ1) is 15.4. The van der Waals surface area contributed by atoms with E-state index in [1.807, 2.05) is 18.2 Å². The quantitative estimate of drug-likeness (QED) is 0.416. The maximum atomic E-state index is 14.4. The second kappa shape index (κ2) is 11.4. The number of benzene rings is 3. The van der Waals surface area contributed by atoms with Gasteiger partial charge >= 0.3 is 0 Å². The van der Waals surface area contributed by atoms with Crippen molar-refractivity contribution in [3.8, 4) is 0 Å². The van der Waals surface area contributed by atoms with Crippen LogP contribution in [0.1, 0.15) is 5.56 Å². The van der Waals surface area contributed by atoms with Crippen molar-refractivity contribution in [2.24, 2.45) is 0 Å². The van der Waals surface area contributed by atoms with Crippen molar-refractivity contribution < 1.29 is 17.6 Å². The summed E-state index contributed by atoms with van der Waals surface area (Å²) in [6.07, 6.45) is 0. The lowest BCUT2D eigenvalue weighted by Crippen LogP contribution is -2.41. The molecule has 3 rings (SSSR count). The Balaban J connectivity index is 1.63. The Morgan fingerprint density at radius 2 is 1.72 bits per heavy atom. The van der Waals surface area contributed by atoms with E-state index in [0.717, 1.165) is 21.7 Å². The largest absolute Gasteiger partial charge is 0.354 e. The summed E-state index contributed by atoms with van der Waals surface area (Å²) in [6, 6.07) is 20.7. The molecule has 0 aliphatic heterocycles. The number of hydrogen-bond donors (Lipinski definition) is 1. The van der Waals surface area contributed by atoms with Gasteiger partial charge in [0.1, 0.15) is 12.4 Å². The summed E-state index contributed by atoms with van der Waals surface area (Å²) in [6.45, 7) is -0.183. The number of nitrogens with zero attached hydrogens (tertiary/aromatic N) is 1. The monoisotopic (exact) mass is 492 g/mol. The molecule has 32 heavy (non-hydrogen) atoms. The number of sulfonamides is 1. The summed E-state index contributed by atoms with van der Waals surface area (Å²) in [5.41, 5.74) is 0.898. The highest BCUT2D eigenvalue weighted by Gasteiger charge is 2.28. The summed E-state index contributed by atoms with van der Waals surface area (Å²) >= 11 is 7.58. The number of anilines is 1. The van der Waals surface area contributed by atoms with E-state index in [2.05, 4.69) is 5.32 Å². The van der Waals surface area contributed by atoms with Gasteiger partial charge in [-0.3, -0.25) is 9.10 Å². The van der Waals surface area contributed by atoms with Crippen LogP contribution in [0.15, 0.2) is 83.8 Å². The minimum Gasteiger partial charge on any atom is -0.354 e. The van der Waals surface area contributed by atoms with Crippen LogP contribution in [-0.2, 0) is 20.6 Å². The van der Waals surface area contributed by atoms with Gasteiger partial charge in [0, 0.05) is 23.1 Å². The molecular formula is C23H22ClFN2O3S2. The van der Waals surface area contributed by atoms with Crippen molar-refractivity contribution in [1.82, 2.24) is 5.32 Å². The van der Waals surface area contributed by atoms with Crippen LogP contribution in [0.2, 0.25) is 5.02 Å². The van der Waals surface area contributed by atoms with Crippen molar-refractivity contribution in [1.29, 1.82) is 0 Å². The van der Waals surface area contributed by atoms with Gasteiger partial charge in [-0.15, -0.1) is 0 Å². The molecule has 0 atom stereocenters. The lowest BCUT2D eigenvalue weighted by atomic mass is 10.2. The van der Waals surface area contributed by atoms with Crippen molar-refractivity contribution >= 4 is 45.0 Å². The van der Waals surface area contributed by atoms with Crippen molar-refractivity contribution in [2.45, 2.75) is 10.6 Å². The third kappa shape index (κ3) is 6.48. The van der Waals surface area contributed by atoms with Crippen LogP contribution in [0, 0.1) is 5.82 Å². The molecule has 0 spiro atoms. The van der Waals surface area contributed by atoms with E-state index in [0.29, 0.717) is 17.3 Å². The first-order valence-electron chi connectivity index (χ1n) is 9.79. The second-order valence-corrected chi connectivity index (χ2v) is 10.2. The number of nitrogens with one attached hydrogen (secondary N) is 1. The molecule has 0 aliphatic carbocycles. The highest BCUT2D eigenvalue weighted by Crippen LogP contribution is 2.26. The third-order valence-corrected chi connectivity index (χ3v) is 7.51. The maximum absolute atomic E-state index is 14.4. The van der Waals surface area contributed by atoms with Gasteiger partial charge in [0.2, 0.25) is 5.91 Å². The molecule has 3 aromatic rings. The van der Waals surface area contributed by atoms with Crippen molar-refractivity contribution in [3.05, 3.63) is 95.3 Å². The molecule has 3 aromatic carbocycles. The molecule has 1 amide bonds.